The zero-order valence-corrected chi connectivity index (χ0v) is 15.9. The average molecular weight is 406 g/mol. The molecule has 6 nitrogen and oxygen atoms in total. The van der Waals surface area contributed by atoms with Crippen molar-refractivity contribution in [2.75, 3.05) is 7.11 Å². The molecule has 0 aliphatic heterocycles. The Labute approximate surface area is 164 Å². The molecule has 0 fully saturated rings. The summed E-state index contributed by atoms with van der Waals surface area (Å²) in [5, 5.41) is 10.7. The first kappa shape index (κ1) is 19.2. The predicted octanol–water partition coefficient (Wildman–Crippen LogP) is 4.08. The van der Waals surface area contributed by atoms with Crippen molar-refractivity contribution >= 4 is 44.9 Å². The lowest BCUT2D eigenvalue weighted by atomic mass is 10.1. The van der Waals surface area contributed by atoms with E-state index in [4.69, 9.17) is 26.8 Å². The van der Waals surface area contributed by atoms with Gasteiger partial charge in [-0.15, -0.1) is 11.3 Å². The molecule has 2 aromatic carbocycles. The van der Waals surface area contributed by atoms with Gasteiger partial charge in [-0.05, 0) is 35.9 Å². The van der Waals surface area contributed by atoms with Gasteiger partial charge in [-0.3, -0.25) is 4.79 Å². The van der Waals surface area contributed by atoms with Gasteiger partial charge in [0.15, 0.2) is 0 Å². The summed E-state index contributed by atoms with van der Waals surface area (Å²) in [5.41, 5.74) is 6.82. The van der Waals surface area contributed by atoms with Crippen molar-refractivity contribution in [3.05, 3.63) is 63.0 Å². The predicted molar refractivity (Wildman–Crippen MR) is 104 cm³/mol. The number of benzene rings is 2. The van der Waals surface area contributed by atoms with E-state index in [9.17, 15) is 14.7 Å². The average Bonchev–Trinajstić information content (AvgIpc) is 3.00. The summed E-state index contributed by atoms with van der Waals surface area (Å²) < 4.78 is 11.7. The van der Waals surface area contributed by atoms with E-state index >= 15 is 0 Å². The molecule has 0 saturated carbocycles. The van der Waals surface area contributed by atoms with Crippen LogP contribution in [-0.2, 0) is 18.0 Å². The van der Waals surface area contributed by atoms with Gasteiger partial charge in [0, 0.05) is 33.3 Å². The van der Waals surface area contributed by atoms with Crippen LogP contribution in [0.25, 0.3) is 10.1 Å². The maximum absolute atomic E-state index is 11.6. The molecule has 0 aliphatic carbocycles. The minimum Gasteiger partial charge on any atom is -0.489 e. The van der Waals surface area contributed by atoms with Crippen LogP contribution >= 0.6 is 22.9 Å². The van der Waals surface area contributed by atoms with E-state index in [1.165, 1.54) is 7.11 Å². The minimum absolute atomic E-state index is 0.0215. The van der Waals surface area contributed by atoms with Gasteiger partial charge in [-0.25, -0.2) is 4.79 Å². The topological polar surface area (TPSA) is 98.8 Å². The number of hydrogen-bond acceptors (Lipinski definition) is 5. The number of rotatable bonds is 7. The maximum atomic E-state index is 11.6. The van der Waals surface area contributed by atoms with Gasteiger partial charge in [-0.2, -0.15) is 0 Å². The highest BCUT2D eigenvalue weighted by atomic mass is 35.5. The van der Waals surface area contributed by atoms with Crippen molar-refractivity contribution in [1.29, 1.82) is 0 Å². The molecule has 3 rings (SSSR count). The third kappa shape index (κ3) is 3.90. The van der Waals surface area contributed by atoms with Crippen molar-refractivity contribution in [1.82, 2.24) is 0 Å². The lowest BCUT2D eigenvalue weighted by Crippen LogP contribution is -2.14. The van der Waals surface area contributed by atoms with Gasteiger partial charge in [0.05, 0.1) is 6.61 Å². The number of carbonyl (C=O) groups excluding carboxylic acids is 1. The highest BCUT2D eigenvalue weighted by Gasteiger charge is 2.20. The number of aromatic carboxylic acids is 1. The van der Waals surface area contributed by atoms with Crippen LogP contribution in [0.3, 0.4) is 0 Å². The highest BCUT2D eigenvalue weighted by Crippen LogP contribution is 2.36. The second-order valence-electron chi connectivity index (χ2n) is 5.73. The highest BCUT2D eigenvalue weighted by molar-refractivity contribution is 7.21. The van der Waals surface area contributed by atoms with Crippen LogP contribution in [0.15, 0.2) is 36.4 Å². The van der Waals surface area contributed by atoms with Gasteiger partial charge in [0.25, 0.3) is 0 Å². The lowest BCUT2D eigenvalue weighted by Gasteiger charge is -2.11. The number of primary amides is 1. The molecule has 1 heterocycles. The van der Waals surface area contributed by atoms with Crippen molar-refractivity contribution in [3.8, 4) is 5.75 Å². The van der Waals surface area contributed by atoms with Crippen LogP contribution in [0, 0.1) is 0 Å². The number of methoxy groups -OCH3 is 1. The molecular formula is C19H16ClNO5S. The molecule has 1 amide bonds. The second-order valence-corrected chi connectivity index (χ2v) is 7.19. The number of amides is 1. The molecule has 0 saturated heterocycles. The van der Waals surface area contributed by atoms with Crippen LogP contribution in [0.2, 0.25) is 5.02 Å². The van der Waals surface area contributed by atoms with Crippen molar-refractivity contribution in [3.63, 3.8) is 0 Å². The summed E-state index contributed by atoms with van der Waals surface area (Å²) in [6.07, 6.45) is 0. The normalized spacial score (nSPS) is 10.9. The minimum atomic E-state index is -1.03. The molecule has 3 N–H and O–H groups in total. The summed E-state index contributed by atoms with van der Waals surface area (Å²) in [6, 6.07) is 10.1. The molecule has 0 aliphatic rings. The molecule has 1 aromatic heterocycles. The van der Waals surface area contributed by atoms with E-state index in [0.717, 1.165) is 16.0 Å². The largest absolute Gasteiger partial charge is 0.489 e. The molecule has 140 valence electrons. The van der Waals surface area contributed by atoms with E-state index in [1.54, 1.807) is 30.3 Å². The quantitative estimate of drug-likeness (QED) is 0.617. The number of halogens is 1. The van der Waals surface area contributed by atoms with Gasteiger partial charge in [0.1, 0.15) is 17.2 Å². The molecule has 0 radical (unpaired) electrons. The number of nitrogens with two attached hydrogens (primary N) is 1. The van der Waals surface area contributed by atoms with Crippen LogP contribution in [0.4, 0.5) is 0 Å². The lowest BCUT2D eigenvalue weighted by molar-refractivity contribution is 0.0699. The number of carboxylic acid groups (broad SMARTS) is 1. The Balaban J connectivity index is 1.95. The van der Waals surface area contributed by atoms with E-state index < -0.39 is 11.9 Å². The fraction of sp³-hybridized carbons (Fsp3) is 0.158. The van der Waals surface area contributed by atoms with Gasteiger partial charge in [0.2, 0.25) is 5.91 Å². The monoisotopic (exact) mass is 405 g/mol. The van der Waals surface area contributed by atoms with E-state index in [2.05, 4.69) is 0 Å². The van der Waals surface area contributed by atoms with E-state index in [1.807, 2.05) is 6.07 Å². The molecule has 0 unspecified atom stereocenters. The first-order valence-electron chi connectivity index (χ1n) is 7.90. The molecule has 0 atom stereocenters. The molecule has 0 bridgehead atoms. The number of carboxylic acids is 1. The molecule has 3 aromatic rings. The Morgan fingerprint density at radius 1 is 1.22 bits per heavy atom. The number of carbonyl (C=O) groups is 2. The SMILES string of the molecule is COCc1cc(OCc2c(C(=O)O)sc3cccc(Cl)c23)ccc1C(N)=O. The Morgan fingerprint density at radius 3 is 2.67 bits per heavy atom. The maximum Gasteiger partial charge on any atom is 0.346 e. The molecular weight excluding hydrogens is 390 g/mol. The van der Waals surface area contributed by atoms with E-state index in [0.29, 0.717) is 32.8 Å². The smallest absolute Gasteiger partial charge is 0.346 e. The summed E-state index contributed by atoms with van der Waals surface area (Å²) in [5.74, 6) is -1.12. The van der Waals surface area contributed by atoms with Crippen LogP contribution in [0.1, 0.15) is 31.2 Å². The van der Waals surface area contributed by atoms with Crippen molar-refractivity contribution in [2.45, 2.75) is 13.2 Å². The summed E-state index contributed by atoms with van der Waals surface area (Å²) in [4.78, 5) is 23.3. The summed E-state index contributed by atoms with van der Waals surface area (Å²) in [6.45, 7) is 0.219. The standard InChI is InChI=1S/C19H16ClNO5S/c1-25-8-10-7-11(5-6-12(10)18(21)22)26-9-13-16-14(20)3-2-4-15(16)27-17(13)19(23)24/h2-7H,8-9H2,1H3,(H2,21,22)(H,23,24). The third-order valence-electron chi connectivity index (χ3n) is 3.98. The first-order chi connectivity index (χ1) is 12.9. The van der Waals surface area contributed by atoms with Crippen molar-refractivity contribution < 1.29 is 24.2 Å². The van der Waals surface area contributed by atoms with Crippen LogP contribution in [0.5, 0.6) is 5.75 Å². The van der Waals surface area contributed by atoms with Crippen LogP contribution < -0.4 is 10.5 Å². The number of hydrogen-bond donors (Lipinski definition) is 2. The van der Waals surface area contributed by atoms with Gasteiger partial charge in [-0.1, -0.05) is 17.7 Å². The van der Waals surface area contributed by atoms with Crippen LogP contribution in [-0.4, -0.2) is 24.1 Å². The fourth-order valence-electron chi connectivity index (χ4n) is 2.81. The number of ether oxygens (including phenoxy) is 2. The number of fused-ring (bicyclic) bond motifs is 1. The van der Waals surface area contributed by atoms with Gasteiger partial charge < -0.3 is 20.3 Å². The third-order valence-corrected chi connectivity index (χ3v) is 5.48. The summed E-state index contributed by atoms with van der Waals surface area (Å²) in [7, 11) is 1.51. The first-order valence-corrected chi connectivity index (χ1v) is 9.09. The number of thiophene rings is 1. The molecule has 8 heteroatoms. The Kier molecular flexibility index (Phi) is 5.65. The second kappa shape index (κ2) is 7.96. The zero-order chi connectivity index (χ0) is 19.6. The summed E-state index contributed by atoms with van der Waals surface area (Å²) >= 11 is 7.43. The Morgan fingerprint density at radius 2 is 2.00 bits per heavy atom. The zero-order valence-electron chi connectivity index (χ0n) is 14.3. The Hall–Kier alpha value is -2.61. The molecule has 27 heavy (non-hydrogen) atoms. The Bertz CT molecular complexity index is 1030. The fourth-order valence-corrected chi connectivity index (χ4v) is 4.23. The van der Waals surface area contributed by atoms with Gasteiger partial charge >= 0.3 is 5.97 Å². The molecule has 0 spiro atoms. The van der Waals surface area contributed by atoms with E-state index in [-0.39, 0.29) is 18.1 Å². The van der Waals surface area contributed by atoms with Crippen molar-refractivity contribution in [2.24, 2.45) is 5.73 Å².